The molecule has 0 aliphatic heterocycles. The van der Waals surface area contributed by atoms with Gasteiger partial charge in [0.25, 0.3) is 0 Å². The molecule has 2 rings (SSSR count). The Morgan fingerprint density at radius 3 is 2.77 bits per heavy atom. The van der Waals surface area contributed by atoms with Crippen molar-refractivity contribution in [2.45, 2.75) is 51.5 Å². The Kier molecular flexibility index (Phi) is 6.19. The summed E-state index contributed by atoms with van der Waals surface area (Å²) in [7, 11) is 0. The Bertz CT molecular complexity index is 501. The van der Waals surface area contributed by atoms with Crippen LogP contribution in [0.15, 0.2) is 18.2 Å². The minimum absolute atomic E-state index is 0.187. The zero-order valence-electron chi connectivity index (χ0n) is 13.1. The standard InChI is InChI=1S/C17H25FN2O2/c1-2-22-16-9-8-13(11-14(16)18)20-17(21)15(19)10-12-6-4-3-5-7-12/h8-9,11-12,15H,2-7,10,19H2,1H3,(H,20,21). The van der Waals surface area contributed by atoms with E-state index in [1.165, 1.54) is 31.4 Å². The molecule has 0 radical (unpaired) electrons. The molecule has 0 bridgehead atoms. The molecular formula is C17H25FN2O2. The number of carbonyl (C=O) groups is 1. The third-order valence-electron chi connectivity index (χ3n) is 4.15. The van der Waals surface area contributed by atoms with Gasteiger partial charge >= 0.3 is 0 Å². The lowest BCUT2D eigenvalue weighted by Crippen LogP contribution is -2.37. The van der Waals surface area contributed by atoms with Crippen molar-refractivity contribution >= 4 is 11.6 Å². The van der Waals surface area contributed by atoms with Gasteiger partial charge in [-0.1, -0.05) is 32.1 Å². The summed E-state index contributed by atoms with van der Waals surface area (Å²) in [6.07, 6.45) is 6.73. The first-order valence-corrected chi connectivity index (χ1v) is 8.09. The van der Waals surface area contributed by atoms with Crippen molar-refractivity contribution < 1.29 is 13.9 Å². The van der Waals surface area contributed by atoms with Crippen LogP contribution in [0.5, 0.6) is 5.75 Å². The average molecular weight is 308 g/mol. The van der Waals surface area contributed by atoms with Crippen LogP contribution in [0, 0.1) is 11.7 Å². The zero-order chi connectivity index (χ0) is 15.9. The third-order valence-corrected chi connectivity index (χ3v) is 4.15. The van der Waals surface area contributed by atoms with Gasteiger partial charge in [0.15, 0.2) is 11.6 Å². The molecule has 1 amide bonds. The Hall–Kier alpha value is -1.62. The van der Waals surface area contributed by atoms with Crippen molar-refractivity contribution in [2.24, 2.45) is 11.7 Å². The van der Waals surface area contributed by atoms with Gasteiger partial charge in [0.2, 0.25) is 5.91 Å². The van der Waals surface area contributed by atoms with Gasteiger partial charge in [-0.25, -0.2) is 4.39 Å². The number of ether oxygens (including phenoxy) is 1. The van der Waals surface area contributed by atoms with Crippen molar-refractivity contribution in [1.29, 1.82) is 0 Å². The number of nitrogens with one attached hydrogen (secondary N) is 1. The first-order valence-electron chi connectivity index (χ1n) is 8.09. The Balaban J connectivity index is 1.88. The number of nitrogens with two attached hydrogens (primary N) is 1. The zero-order valence-corrected chi connectivity index (χ0v) is 13.1. The van der Waals surface area contributed by atoms with E-state index in [1.807, 2.05) is 0 Å². The fraction of sp³-hybridized carbons (Fsp3) is 0.588. The Morgan fingerprint density at radius 2 is 2.14 bits per heavy atom. The largest absolute Gasteiger partial charge is 0.491 e. The van der Waals surface area contributed by atoms with Gasteiger partial charge < -0.3 is 15.8 Å². The Morgan fingerprint density at radius 1 is 1.41 bits per heavy atom. The molecule has 1 aromatic rings. The van der Waals surface area contributed by atoms with E-state index in [1.54, 1.807) is 13.0 Å². The molecule has 1 aliphatic carbocycles. The molecule has 1 aliphatic rings. The first kappa shape index (κ1) is 16.7. The maximum atomic E-state index is 13.8. The number of hydrogen-bond acceptors (Lipinski definition) is 3. The summed E-state index contributed by atoms with van der Waals surface area (Å²) in [5, 5.41) is 2.68. The number of hydrogen-bond donors (Lipinski definition) is 2. The van der Waals surface area contributed by atoms with E-state index in [4.69, 9.17) is 10.5 Å². The summed E-state index contributed by atoms with van der Waals surface area (Å²) in [5.74, 6) is -0.0202. The van der Waals surface area contributed by atoms with Gasteiger partial charge in [-0.15, -0.1) is 0 Å². The lowest BCUT2D eigenvalue weighted by Gasteiger charge is -2.24. The van der Waals surface area contributed by atoms with E-state index in [2.05, 4.69) is 5.32 Å². The van der Waals surface area contributed by atoms with Crippen molar-refractivity contribution in [3.05, 3.63) is 24.0 Å². The first-order chi connectivity index (χ1) is 10.6. The summed E-state index contributed by atoms with van der Waals surface area (Å²) in [6.45, 7) is 2.19. The van der Waals surface area contributed by atoms with Gasteiger partial charge in [-0.05, 0) is 31.4 Å². The normalized spacial score (nSPS) is 17.0. The second-order valence-electron chi connectivity index (χ2n) is 5.91. The van der Waals surface area contributed by atoms with Crippen LogP contribution in [-0.2, 0) is 4.79 Å². The lowest BCUT2D eigenvalue weighted by molar-refractivity contribution is -0.117. The van der Waals surface area contributed by atoms with Crippen LogP contribution in [-0.4, -0.2) is 18.6 Å². The molecule has 0 heterocycles. The van der Waals surface area contributed by atoms with Crippen LogP contribution in [0.3, 0.4) is 0 Å². The van der Waals surface area contributed by atoms with E-state index in [-0.39, 0.29) is 11.7 Å². The van der Waals surface area contributed by atoms with E-state index >= 15 is 0 Å². The highest BCUT2D eigenvalue weighted by Crippen LogP contribution is 2.27. The molecule has 4 nitrogen and oxygen atoms in total. The summed E-state index contributed by atoms with van der Waals surface area (Å²) >= 11 is 0. The molecule has 3 N–H and O–H groups in total. The molecule has 0 spiro atoms. The van der Waals surface area contributed by atoms with E-state index in [9.17, 15) is 9.18 Å². The second-order valence-corrected chi connectivity index (χ2v) is 5.91. The molecule has 122 valence electrons. The van der Waals surface area contributed by atoms with Crippen LogP contribution in [0.2, 0.25) is 0 Å². The van der Waals surface area contributed by atoms with Crippen LogP contribution in [0.1, 0.15) is 45.4 Å². The smallest absolute Gasteiger partial charge is 0.241 e. The van der Waals surface area contributed by atoms with Crippen molar-refractivity contribution in [3.63, 3.8) is 0 Å². The average Bonchev–Trinajstić information content (AvgIpc) is 2.51. The van der Waals surface area contributed by atoms with Crippen LogP contribution in [0.4, 0.5) is 10.1 Å². The van der Waals surface area contributed by atoms with Gasteiger partial charge in [-0.2, -0.15) is 0 Å². The minimum Gasteiger partial charge on any atom is -0.491 e. The maximum absolute atomic E-state index is 13.8. The summed E-state index contributed by atoms with van der Waals surface area (Å²) in [5.41, 5.74) is 6.39. The SMILES string of the molecule is CCOc1ccc(NC(=O)C(N)CC2CCCCC2)cc1F. The number of amides is 1. The van der Waals surface area contributed by atoms with Crippen molar-refractivity contribution in [3.8, 4) is 5.75 Å². The molecular weight excluding hydrogens is 283 g/mol. The highest BCUT2D eigenvalue weighted by atomic mass is 19.1. The number of benzene rings is 1. The van der Waals surface area contributed by atoms with Gasteiger partial charge in [0, 0.05) is 11.8 Å². The molecule has 1 atom stereocenters. The van der Waals surface area contributed by atoms with Crippen molar-refractivity contribution in [1.82, 2.24) is 0 Å². The molecule has 5 heteroatoms. The highest BCUT2D eigenvalue weighted by molar-refractivity contribution is 5.94. The predicted octanol–water partition coefficient (Wildman–Crippen LogP) is 3.46. The fourth-order valence-electron chi connectivity index (χ4n) is 2.98. The summed E-state index contributed by atoms with van der Waals surface area (Å²) < 4.78 is 18.9. The maximum Gasteiger partial charge on any atom is 0.241 e. The van der Waals surface area contributed by atoms with Gasteiger partial charge in [-0.3, -0.25) is 4.79 Å². The van der Waals surface area contributed by atoms with Gasteiger partial charge in [0.05, 0.1) is 12.6 Å². The molecule has 0 saturated heterocycles. The topological polar surface area (TPSA) is 64.3 Å². The van der Waals surface area contributed by atoms with Crippen LogP contribution in [0.25, 0.3) is 0 Å². The number of rotatable bonds is 6. The molecule has 1 fully saturated rings. The second kappa shape index (κ2) is 8.13. The summed E-state index contributed by atoms with van der Waals surface area (Å²) in [6, 6.07) is 3.86. The fourth-order valence-corrected chi connectivity index (χ4v) is 2.98. The quantitative estimate of drug-likeness (QED) is 0.846. The Labute approximate surface area is 131 Å². The minimum atomic E-state index is -0.544. The number of carbonyl (C=O) groups excluding carboxylic acids is 1. The highest BCUT2D eigenvalue weighted by Gasteiger charge is 2.21. The lowest BCUT2D eigenvalue weighted by atomic mass is 9.85. The van der Waals surface area contributed by atoms with E-state index < -0.39 is 11.9 Å². The number of halogens is 1. The molecule has 1 aromatic carbocycles. The van der Waals surface area contributed by atoms with Crippen LogP contribution >= 0.6 is 0 Å². The van der Waals surface area contributed by atoms with Crippen LogP contribution < -0.4 is 15.8 Å². The monoisotopic (exact) mass is 308 g/mol. The molecule has 0 aromatic heterocycles. The molecule has 22 heavy (non-hydrogen) atoms. The van der Waals surface area contributed by atoms with Gasteiger partial charge in [0.1, 0.15) is 0 Å². The molecule has 1 saturated carbocycles. The van der Waals surface area contributed by atoms with E-state index in [0.717, 1.165) is 12.8 Å². The summed E-state index contributed by atoms with van der Waals surface area (Å²) in [4.78, 5) is 12.1. The predicted molar refractivity (Wildman–Crippen MR) is 85.4 cm³/mol. The molecule has 1 unspecified atom stereocenters. The van der Waals surface area contributed by atoms with E-state index in [0.29, 0.717) is 24.6 Å². The third kappa shape index (κ3) is 4.70. The van der Waals surface area contributed by atoms with Crippen molar-refractivity contribution in [2.75, 3.05) is 11.9 Å². The number of anilines is 1.